The van der Waals surface area contributed by atoms with Gasteiger partial charge in [-0.15, -0.1) is 0 Å². The molecule has 5 nitrogen and oxygen atoms in total. The van der Waals surface area contributed by atoms with Crippen LogP contribution in [0.5, 0.6) is 0 Å². The summed E-state index contributed by atoms with van der Waals surface area (Å²) in [6.45, 7) is 0.802. The van der Waals surface area contributed by atoms with Crippen LogP contribution in [0.25, 0.3) is 44.2 Å². The monoisotopic (exact) mass is 662 g/mol. The van der Waals surface area contributed by atoms with Crippen LogP contribution in [-0.4, -0.2) is 17.1 Å². The Morgan fingerprint density at radius 3 is 2.08 bits per heavy atom. The number of nitrogens with zero attached hydrogens (tertiary/aromatic N) is 2. The summed E-state index contributed by atoms with van der Waals surface area (Å²) < 4.78 is 6.56. The van der Waals surface area contributed by atoms with Crippen LogP contribution in [-0.2, 0) is 6.54 Å². The number of hydrogen-bond acceptors (Lipinski definition) is 5. The number of benzene rings is 7. The number of hydrazine groups is 1. The van der Waals surface area contributed by atoms with Gasteiger partial charge in [-0.25, -0.2) is 5.01 Å². The number of hydrogen-bond donors (Lipinski definition) is 2. The van der Waals surface area contributed by atoms with Gasteiger partial charge >= 0.3 is 0 Å². The summed E-state index contributed by atoms with van der Waals surface area (Å²) in [5.41, 5.74) is 12.1. The van der Waals surface area contributed by atoms with E-state index < -0.39 is 0 Å². The molecule has 1 aliphatic rings. The number of furan rings is 1. The van der Waals surface area contributed by atoms with E-state index in [4.69, 9.17) is 4.42 Å². The van der Waals surface area contributed by atoms with E-state index in [1.54, 1.807) is 0 Å². The topological polar surface area (TPSA) is 43.2 Å². The number of para-hydroxylation sites is 1. The Morgan fingerprint density at radius 2 is 1.29 bits per heavy atom. The van der Waals surface area contributed by atoms with E-state index in [0.29, 0.717) is 0 Å². The molecule has 248 valence electrons. The number of rotatable bonds is 10. The normalized spacial score (nSPS) is 17.4. The van der Waals surface area contributed by atoms with Crippen molar-refractivity contribution in [2.45, 2.75) is 18.9 Å². The third-order valence-electron chi connectivity index (χ3n) is 9.90. The fourth-order valence-electron chi connectivity index (χ4n) is 7.44. The highest BCUT2D eigenvalue weighted by atomic mass is 16.3. The molecule has 4 atom stereocenters. The second-order valence-electron chi connectivity index (χ2n) is 13.1. The van der Waals surface area contributed by atoms with Crippen molar-refractivity contribution in [2.24, 2.45) is 0 Å². The fraction of sp³-hybridized carbons (Fsp3) is 0.0870. The first-order valence-electron chi connectivity index (χ1n) is 17.5. The summed E-state index contributed by atoms with van der Waals surface area (Å²) in [6.07, 6.45) is 0.0494. The first kappa shape index (κ1) is 31.0. The van der Waals surface area contributed by atoms with E-state index in [0.717, 1.165) is 51.0 Å². The average Bonchev–Trinajstić information content (AvgIpc) is 3.75. The summed E-state index contributed by atoms with van der Waals surface area (Å²) in [6, 6.07) is 62.2. The Bertz CT molecular complexity index is 2440. The summed E-state index contributed by atoms with van der Waals surface area (Å²) in [5.74, 6) is 0. The van der Waals surface area contributed by atoms with Gasteiger partial charge in [-0.05, 0) is 70.8 Å². The number of fused-ring (bicyclic) bond motifs is 3. The van der Waals surface area contributed by atoms with Crippen LogP contribution in [0.15, 0.2) is 180 Å². The molecule has 2 heterocycles. The lowest BCUT2D eigenvalue weighted by Crippen LogP contribution is -2.26. The van der Waals surface area contributed by atoms with Gasteiger partial charge < -0.3 is 9.73 Å². The molecule has 1 saturated heterocycles. The van der Waals surface area contributed by atoms with Crippen molar-refractivity contribution in [1.82, 2.24) is 15.3 Å². The third-order valence-corrected chi connectivity index (χ3v) is 9.90. The van der Waals surface area contributed by atoms with Gasteiger partial charge in [0.2, 0.25) is 0 Å². The zero-order valence-electron chi connectivity index (χ0n) is 28.4. The van der Waals surface area contributed by atoms with E-state index in [1.807, 2.05) is 19.2 Å². The van der Waals surface area contributed by atoms with Gasteiger partial charge in [-0.2, -0.15) is 5.01 Å². The predicted octanol–water partition coefficient (Wildman–Crippen LogP) is 11.3. The van der Waals surface area contributed by atoms with Crippen molar-refractivity contribution >= 4 is 33.3 Å². The molecule has 5 heteroatoms. The molecule has 0 amide bonds. The minimum Gasteiger partial charge on any atom is -0.454 e. The van der Waals surface area contributed by atoms with Gasteiger partial charge in [-0.1, -0.05) is 146 Å². The summed E-state index contributed by atoms with van der Waals surface area (Å²) >= 11 is 0. The van der Waals surface area contributed by atoms with Crippen molar-refractivity contribution in [3.63, 3.8) is 0 Å². The highest BCUT2D eigenvalue weighted by Crippen LogP contribution is 2.49. The zero-order valence-corrected chi connectivity index (χ0v) is 28.4. The highest BCUT2D eigenvalue weighted by Gasteiger charge is 2.50. The van der Waals surface area contributed by atoms with Crippen molar-refractivity contribution in [3.05, 3.63) is 193 Å². The van der Waals surface area contributed by atoms with Crippen LogP contribution in [0.3, 0.4) is 0 Å². The molecule has 1 fully saturated rings. The Labute approximate surface area is 298 Å². The van der Waals surface area contributed by atoms with E-state index in [-0.39, 0.29) is 12.3 Å². The Hall–Kier alpha value is -5.98. The van der Waals surface area contributed by atoms with Crippen LogP contribution in [0, 0.1) is 0 Å². The van der Waals surface area contributed by atoms with Gasteiger partial charge in [0, 0.05) is 28.6 Å². The molecule has 8 aromatic rings. The van der Waals surface area contributed by atoms with E-state index in [9.17, 15) is 0 Å². The Kier molecular flexibility index (Phi) is 8.14. The third kappa shape index (κ3) is 5.98. The maximum Gasteiger partial charge on any atom is 0.159 e. The molecule has 2 N–H and O–H groups in total. The smallest absolute Gasteiger partial charge is 0.159 e. The molecule has 9 rings (SSSR count). The molecule has 3 unspecified atom stereocenters. The molecule has 7 aromatic carbocycles. The molecule has 0 aliphatic carbocycles. The first-order chi connectivity index (χ1) is 25.2. The number of anilines is 2. The predicted molar refractivity (Wildman–Crippen MR) is 209 cm³/mol. The minimum absolute atomic E-state index is 0.0204. The van der Waals surface area contributed by atoms with Crippen molar-refractivity contribution < 1.29 is 4.42 Å². The van der Waals surface area contributed by atoms with Crippen LogP contribution < -0.4 is 10.6 Å². The zero-order chi connectivity index (χ0) is 34.1. The van der Waals surface area contributed by atoms with Gasteiger partial charge in [0.15, 0.2) is 5.58 Å². The Balaban J connectivity index is 1.10. The summed E-state index contributed by atoms with van der Waals surface area (Å²) in [7, 11) is 2.05. The second kappa shape index (κ2) is 13.4. The molecule has 0 bridgehead atoms. The van der Waals surface area contributed by atoms with E-state index in [1.165, 1.54) is 27.8 Å². The molecule has 51 heavy (non-hydrogen) atoms. The van der Waals surface area contributed by atoms with E-state index in [2.05, 4.69) is 184 Å². The van der Waals surface area contributed by atoms with Gasteiger partial charge in [0.25, 0.3) is 0 Å². The summed E-state index contributed by atoms with van der Waals surface area (Å²) in [4.78, 5) is 0. The lowest BCUT2D eigenvalue weighted by atomic mass is 10.0. The lowest BCUT2D eigenvalue weighted by Gasteiger charge is -2.20. The quantitative estimate of drug-likeness (QED) is 0.143. The molecule has 1 aliphatic heterocycles. The average molecular weight is 663 g/mol. The minimum atomic E-state index is -0.0204. The van der Waals surface area contributed by atoms with E-state index >= 15 is 0 Å². The van der Waals surface area contributed by atoms with Crippen LogP contribution in [0.1, 0.15) is 29.0 Å². The second-order valence-corrected chi connectivity index (χ2v) is 13.1. The number of nitrogens with one attached hydrogen (secondary N) is 2. The van der Waals surface area contributed by atoms with Crippen molar-refractivity contribution in [2.75, 3.05) is 12.4 Å². The molecular formula is C46H38N4O. The maximum absolute atomic E-state index is 6.56. The highest BCUT2D eigenvalue weighted by molar-refractivity contribution is 6.12. The standard InChI is InChI=1S/C46H38N4O/c1-47-45(36-22-13-21-35(29-36)33-17-7-3-8-18-33)50-46(49(50)31-32-15-5-2-6-16-32)37-23-14-24-38(30-37)48-43-39(34-19-9-4-10-20-34)27-28-41-40-25-11-12-26-42(40)51-44(41)43/h2-30,45-48H,31H2,1H3/t45?,46?,49-,50?/m0/s1. The molecule has 0 saturated carbocycles. The van der Waals surface area contributed by atoms with Gasteiger partial charge in [0.05, 0.1) is 5.69 Å². The van der Waals surface area contributed by atoms with Crippen LogP contribution in [0.2, 0.25) is 0 Å². The SMILES string of the molecule is CNC(c1cccc(-c2ccccc2)c1)N1C(c2cccc(Nc3c(-c4ccccc4)ccc4c3oc3ccccc34)c2)[N@]1Cc1ccccc1. The fourth-order valence-corrected chi connectivity index (χ4v) is 7.44. The maximum atomic E-state index is 6.56. The molecular weight excluding hydrogens is 625 g/mol. The molecule has 1 aromatic heterocycles. The van der Waals surface area contributed by atoms with Crippen LogP contribution in [0.4, 0.5) is 11.4 Å². The largest absolute Gasteiger partial charge is 0.454 e. The van der Waals surface area contributed by atoms with Crippen molar-refractivity contribution in [1.29, 1.82) is 0 Å². The van der Waals surface area contributed by atoms with Crippen molar-refractivity contribution in [3.8, 4) is 22.3 Å². The van der Waals surface area contributed by atoms with Crippen LogP contribution >= 0.6 is 0 Å². The molecule has 0 radical (unpaired) electrons. The Morgan fingerprint density at radius 1 is 0.608 bits per heavy atom. The molecule has 0 spiro atoms. The lowest BCUT2D eigenvalue weighted by molar-refractivity contribution is 0.209. The summed E-state index contributed by atoms with van der Waals surface area (Å²) in [5, 5.41) is 14.6. The first-order valence-corrected chi connectivity index (χ1v) is 17.5. The van der Waals surface area contributed by atoms with Gasteiger partial charge in [-0.3, -0.25) is 5.32 Å². The van der Waals surface area contributed by atoms with Gasteiger partial charge in [0.1, 0.15) is 17.9 Å².